The molecule has 1 aliphatic rings. The minimum absolute atomic E-state index is 0.0726. The number of halogens is 1. The number of hydrogen-bond acceptors (Lipinski definition) is 5. The van der Waals surface area contributed by atoms with E-state index >= 15 is 0 Å². The van der Waals surface area contributed by atoms with Gasteiger partial charge in [0.25, 0.3) is 0 Å². The molecule has 1 aliphatic carbocycles. The number of nitrogens with zero attached hydrogens (tertiary/aromatic N) is 2. The van der Waals surface area contributed by atoms with Crippen molar-refractivity contribution in [3.8, 4) is 0 Å². The summed E-state index contributed by atoms with van der Waals surface area (Å²) in [5.74, 6) is 1.48. The van der Waals surface area contributed by atoms with Gasteiger partial charge < -0.3 is 15.7 Å². The second-order valence-electron chi connectivity index (χ2n) is 4.59. The Morgan fingerprint density at radius 1 is 1.22 bits per heavy atom. The van der Waals surface area contributed by atoms with Crippen LogP contribution in [0.25, 0.3) is 0 Å². The smallest absolute Gasteiger partial charge is 0.146 e. The Balaban J connectivity index is 2.12. The molecule has 0 bridgehead atoms. The number of anilines is 2. The molecule has 0 amide bonds. The van der Waals surface area contributed by atoms with Gasteiger partial charge in [-0.1, -0.05) is 19.3 Å². The first-order chi connectivity index (χ1) is 8.72. The Kier molecular flexibility index (Phi) is 4.77. The first kappa shape index (κ1) is 13.5. The second-order valence-corrected chi connectivity index (χ2v) is 5.38. The zero-order valence-corrected chi connectivity index (χ0v) is 12.1. The molecule has 5 nitrogen and oxygen atoms in total. The van der Waals surface area contributed by atoms with Gasteiger partial charge in [-0.05, 0) is 28.8 Å². The zero-order valence-electron chi connectivity index (χ0n) is 10.5. The molecule has 1 aromatic rings. The average Bonchev–Trinajstić information content (AvgIpc) is 2.57. The Morgan fingerprint density at radius 3 is 2.72 bits per heavy atom. The summed E-state index contributed by atoms with van der Waals surface area (Å²) in [6.45, 7) is 0. The summed E-state index contributed by atoms with van der Waals surface area (Å²) in [4.78, 5) is 8.34. The topological polar surface area (TPSA) is 70.1 Å². The van der Waals surface area contributed by atoms with E-state index in [0.29, 0.717) is 0 Å². The van der Waals surface area contributed by atoms with Crippen LogP contribution in [0.3, 0.4) is 0 Å². The Morgan fingerprint density at radius 2 is 1.94 bits per heavy atom. The monoisotopic (exact) mass is 314 g/mol. The molecule has 1 fully saturated rings. The number of aliphatic hydroxyl groups excluding tert-OH is 1. The van der Waals surface area contributed by atoms with E-state index in [0.717, 1.165) is 41.8 Å². The van der Waals surface area contributed by atoms with E-state index in [-0.39, 0.29) is 12.1 Å². The first-order valence-corrected chi connectivity index (χ1v) is 7.14. The third kappa shape index (κ3) is 3.11. The highest BCUT2D eigenvalue weighted by Gasteiger charge is 2.22. The molecule has 1 saturated carbocycles. The largest absolute Gasteiger partial charge is 0.391 e. The van der Waals surface area contributed by atoms with Gasteiger partial charge >= 0.3 is 0 Å². The maximum absolute atomic E-state index is 10.1. The van der Waals surface area contributed by atoms with Crippen molar-refractivity contribution in [3.05, 3.63) is 10.8 Å². The number of aliphatic hydroxyl groups is 1. The van der Waals surface area contributed by atoms with Gasteiger partial charge in [0.2, 0.25) is 0 Å². The maximum Gasteiger partial charge on any atom is 0.146 e. The molecular weight excluding hydrogens is 296 g/mol. The Bertz CT molecular complexity index is 402. The minimum atomic E-state index is -0.299. The van der Waals surface area contributed by atoms with Crippen LogP contribution in [0.2, 0.25) is 0 Å². The van der Waals surface area contributed by atoms with Crippen molar-refractivity contribution < 1.29 is 5.11 Å². The van der Waals surface area contributed by atoms with Crippen LogP contribution in [0, 0.1) is 0 Å². The highest BCUT2D eigenvalue weighted by atomic mass is 79.9. The van der Waals surface area contributed by atoms with Crippen molar-refractivity contribution in [2.75, 3.05) is 17.7 Å². The molecule has 0 aliphatic heterocycles. The summed E-state index contributed by atoms with van der Waals surface area (Å²) in [7, 11) is 1.82. The molecule has 6 heteroatoms. The van der Waals surface area contributed by atoms with Gasteiger partial charge in [0, 0.05) is 7.05 Å². The van der Waals surface area contributed by atoms with Crippen LogP contribution in [0.5, 0.6) is 0 Å². The normalized spacial score (nSPS) is 24.4. The van der Waals surface area contributed by atoms with Crippen molar-refractivity contribution in [1.29, 1.82) is 0 Å². The minimum Gasteiger partial charge on any atom is -0.391 e. The molecule has 0 aromatic carbocycles. The lowest BCUT2D eigenvalue weighted by atomic mass is 10.1. The van der Waals surface area contributed by atoms with Crippen molar-refractivity contribution in [3.63, 3.8) is 0 Å². The Hall–Kier alpha value is -0.880. The van der Waals surface area contributed by atoms with Gasteiger partial charge in [-0.2, -0.15) is 0 Å². The fourth-order valence-electron chi connectivity index (χ4n) is 2.28. The second kappa shape index (κ2) is 6.33. The zero-order chi connectivity index (χ0) is 13.0. The van der Waals surface area contributed by atoms with Crippen molar-refractivity contribution in [1.82, 2.24) is 9.97 Å². The molecule has 2 atom stereocenters. The van der Waals surface area contributed by atoms with Gasteiger partial charge in [-0.15, -0.1) is 0 Å². The molecule has 2 unspecified atom stereocenters. The van der Waals surface area contributed by atoms with E-state index in [1.807, 2.05) is 7.05 Å². The molecule has 1 heterocycles. The predicted molar refractivity (Wildman–Crippen MR) is 75.8 cm³/mol. The summed E-state index contributed by atoms with van der Waals surface area (Å²) in [6, 6.07) is 0.0726. The van der Waals surface area contributed by atoms with Crippen LogP contribution >= 0.6 is 15.9 Å². The molecule has 100 valence electrons. The van der Waals surface area contributed by atoms with Crippen LogP contribution in [-0.2, 0) is 0 Å². The van der Waals surface area contributed by atoms with Crippen molar-refractivity contribution in [2.24, 2.45) is 0 Å². The van der Waals surface area contributed by atoms with Crippen molar-refractivity contribution in [2.45, 2.75) is 44.2 Å². The molecular formula is C12H19BrN4O. The number of nitrogens with one attached hydrogen (secondary N) is 2. The standard InChI is InChI=1S/C12H19BrN4O/c1-14-11-10(13)12(16-7-15-11)17-8-5-3-2-4-6-9(8)18/h7-9,18H,2-6H2,1H3,(H2,14,15,16,17). The lowest BCUT2D eigenvalue weighted by Crippen LogP contribution is -2.33. The average molecular weight is 315 g/mol. The predicted octanol–water partition coefficient (Wildman–Crippen LogP) is 2.39. The number of rotatable bonds is 3. The number of aromatic nitrogens is 2. The summed E-state index contributed by atoms with van der Waals surface area (Å²) in [6.07, 6.45) is 6.50. The third-order valence-corrected chi connectivity index (χ3v) is 4.08. The van der Waals surface area contributed by atoms with Gasteiger partial charge in [0.1, 0.15) is 22.4 Å². The SMILES string of the molecule is CNc1ncnc(NC2CCCCCC2O)c1Br. The van der Waals surface area contributed by atoms with Gasteiger partial charge in [0.05, 0.1) is 12.1 Å². The maximum atomic E-state index is 10.1. The fourth-order valence-corrected chi connectivity index (χ4v) is 2.79. The third-order valence-electron chi connectivity index (χ3n) is 3.33. The van der Waals surface area contributed by atoms with E-state index in [9.17, 15) is 5.11 Å². The van der Waals surface area contributed by atoms with Crippen LogP contribution in [0.15, 0.2) is 10.8 Å². The number of hydrogen-bond donors (Lipinski definition) is 3. The molecule has 0 saturated heterocycles. The molecule has 0 spiro atoms. The van der Waals surface area contributed by atoms with E-state index in [1.54, 1.807) is 0 Å². The highest BCUT2D eigenvalue weighted by molar-refractivity contribution is 9.10. The summed E-state index contributed by atoms with van der Waals surface area (Å²) in [5, 5.41) is 16.4. The van der Waals surface area contributed by atoms with Crippen LogP contribution in [-0.4, -0.2) is 34.3 Å². The van der Waals surface area contributed by atoms with Crippen LogP contribution in [0.1, 0.15) is 32.1 Å². The highest BCUT2D eigenvalue weighted by Crippen LogP contribution is 2.28. The lowest BCUT2D eigenvalue weighted by molar-refractivity contribution is 0.144. The molecule has 1 aromatic heterocycles. The van der Waals surface area contributed by atoms with Crippen LogP contribution in [0.4, 0.5) is 11.6 Å². The van der Waals surface area contributed by atoms with Gasteiger partial charge in [-0.3, -0.25) is 0 Å². The van der Waals surface area contributed by atoms with Gasteiger partial charge in [0.15, 0.2) is 0 Å². The lowest BCUT2D eigenvalue weighted by Gasteiger charge is -2.23. The Labute approximate surface area is 116 Å². The quantitative estimate of drug-likeness (QED) is 0.747. The van der Waals surface area contributed by atoms with Crippen LogP contribution < -0.4 is 10.6 Å². The summed E-state index contributed by atoms with van der Waals surface area (Å²) < 4.78 is 0.809. The van der Waals surface area contributed by atoms with E-state index in [4.69, 9.17) is 0 Å². The first-order valence-electron chi connectivity index (χ1n) is 6.35. The summed E-state index contributed by atoms with van der Waals surface area (Å²) in [5.41, 5.74) is 0. The summed E-state index contributed by atoms with van der Waals surface area (Å²) >= 11 is 3.48. The molecule has 2 rings (SSSR count). The molecule has 3 N–H and O–H groups in total. The molecule has 0 radical (unpaired) electrons. The van der Waals surface area contributed by atoms with E-state index in [2.05, 4.69) is 36.5 Å². The van der Waals surface area contributed by atoms with Crippen molar-refractivity contribution >= 4 is 27.6 Å². The molecule has 18 heavy (non-hydrogen) atoms. The van der Waals surface area contributed by atoms with Gasteiger partial charge in [-0.25, -0.2) is 9.97 Å². The van der Waals surface area contributed by atoms with E-state index < -0.39 is 0 Å². The fraction of sp³-hybridized carbons (Fsp3) is 0.667. The van der Waals surface area contributed by atoms with E-state index in [1.165, 1.54) is 12.7 Å².